The summed E-state index contributed by atoms with van der Waals surface area (Å²) in [6.07, 6.45) is -4.45. The number of benzene rings is 3. The molecule has 4 heteroatoms. The summed E-state index contributed by atoms with van der Waals surface area (Å²) < 4.78 is 42.7. The molecule has 1 aliphatic rings. The van der Waals surface area contributed by atoms with Crippen molar-refractivity contribution in [2.24, 2.45) is 0 Å². The summed E-state index contributed by atoms with van der Waals surface area (Å²) in [5.74, 6) is 0. The maximum absolute atomic E-state index is 14.2. The number of hydrogen-bond donors (Lipinski definition) is 1. The molecule has 0 bridgehead atoms. The number of nitrogen functional groups attached to an aromatic ring is 1. The minimum atomic E-state index is -4.45. The largest absolute Gasteiger partial charge is 0.417 e. The average Bonchev–Trinajstić information content (AvgIpc) is 2.92. The molecule has 0 saturated heterocycles. The van der Waals surface area contributed by atoms with Crippen molar-refractivity contribution < 1.29 is 13.2 Å². The Morgan fingerprint density at radius 2 is 1.24 bits per heavy atom. The van der Waals surface area contributed by atoms with E-state index in [0.29, 0.717) is 16.8 Å². The molecule has 0 saturated carbocycles. The van der Waals surface area contributed by atoms with Crippen LogP contribution in [0.25, 0.3) is 22.3 Å². The van der Waals surface area contributed by atoms with E-state index in [1.807, 2.05) is 19.9 Å². The van der Waals surface area contributed by atoms with Crippen molar-refractivity contribution in [2.45, 2.75) is 77.8 Å². The van der Waals surface area contributed by atoms with E-state index in [-0.39, 0.29) is 16.4 Å². The zero-order valence-electron chi connectivity index (χ0n) is 21.3. The van der Waals surface area contributed by atoms with E-state index in [9.17, 15) is 13.2 Å². The van der Waals surface area contributed by atoms with Crippen LogP contribution in [0.3, 0.4) is 0 Å². The Hall–Kier alpha value is -2.75. The van der Waals surface area contributed by atoms with Crippen LogP contribution in [0.5, 0.6) is 0 Å². The van der Waals surface area contributed by atoms with Gasteiger partial charge in [0.05, 0.1) is 5.56 Å². The number of nitrogens with two attached hydrogens (primary N) is 1. The van der Waals surface area contributed by atoms with Gasteiger partial charge < -0.3 is 5.73 Å². The Kier molecular flexibility index (Phi) is 5.29. The van der Waals surface area contributed by atoms with Crippen molar-refractivity contribution in [1.29, 1.82) is 0 Å². The first-order valence-corrected chi connectivity index (χ1v) is 11.7. The minimum absolute atomic E-state index is 0.0992. The zero-order valence-corrected chi connectivity index (χ0v) is 21.3. The van der Waals surface area contributed by atoms with Gasteiger partial charge in [0, 0.05) is 11.1 Å². The number of rotatable bonds is 1. The van der Waals surface area contributed by atoms with Gasteiger partial charge in [-0.15, -0.1) is 0 Å². The molecular formula is C30H34F3N. The highest BCUT2D eigenvalue weighted by atomic mass is 19.4. The SMILES string of the molecule is CC(C)(C)c1cc(-c2ccc(C(F)(F)F)c3c2C(C)(C)c2cc(N)ccc2-3)cc(C(C)(C)C)c1. The lowest BCUT2D eigenvalue weighted by molar-refractivity contribution is -0.137. The first-order chi connectivity index (χ1) is 15.4. The van der Waals surface area contributed by atoms with Crippen molar-refractivity contribution in [3.8, 4) is 22.3 Å². The van der Waals surface area contributed by atoms with Crippen molar-refractivity contribution in [1.82, 2.24) is 0 Å². The Morgan fingerprint density at radius 3 is 1.74 bits per heavy atom. The Bertz CT molecular complexity index is 1250. The number of anilines is 1. The first kappa shape index (κ1) is 24.4. The molecule has 0 atom stereocenters. The highest BCUT2D eigenvalue weighted by Gasteiger charge is 2.44. The van der Waals surface area contributed by atoms with Crippen molar-refractivity contribution in [2.75, 3.05) is 5.73 Å². The summed E-state index contributed by atoms with van der Waals surface area (Å²) in [6.45, 7) is 17.0. The molecule has 4 rings (SSSR count). The van der Waals surface area contributed by atoms with Gasteiger partial charge in [0.15, 0.2) is 0 Å². The van der Waals surface area contributed by atoms with Gasteiger partial charge in [-0.1, -0.05) is 85.7 Å². The molecule has 180 valence electrons. The highest BCUT2D eigenvalue weighted by molar-refractivity contribution is 5.91. The molecule has 0 fully saturated rings. The summed E-state index contributed by atoms with van der Waals surface area (Å²) in [5.41, 5.74) is 11.8. The van der Waals surface area contributed by atoms with E-state index in [1.54, 1.807) is 18.2 Å². The van der Waals surface area contributed by atoms with Gasteiger partial charge in [0.2, 0.25) is 0 Å². The zero-order chi connectivity index (χ0) is 25.4. The van der Waals surface area contributed by atoms with E-state index >= 15 is 0 Å². The van der Waals surface area contributed by atoms with Gasteiger partial charge in [-0.2, -0.15) is 13.2 Å². The van der Waals surface area contributed by atoms with Crippen LogP contribution in [0.4, 0.5) is 18.9 Å². The van der Waals surface area contributed by atoms with Crippen LogP contribution in [0.2, 0.25) is 0 Å². The lowest BCUT2D eigenvalue weighted by atomic mass is 9.75. The molecule has 3 aromatic carbocycles. The second-order valence-electron chi connectivity index (χ2n) is 12.1. The molecule has 2 N–H and O–H groups in total. The van der Waals surface area contributed by atoms with Crippen LogP contribution in [0, 0.1) is 0 Å². The van der Waals surface area contributed by atoms with Gasteiger partial charge in [-0.25, -0.2) is 0 Å². The summed E-state index contributed by atoms with van der Waals surface area (Å²) in [6, 6.07) is 14.7. The van der Waals surface area contributed by atoms with Gasteiger partial charge in [-0.3, -0.25) is 0 Å². The molecule has 0 aliphatic heterocycles. The average molecular weight is 466 g/mol. The fraction of sp³-hybridized carbons (Fsp3) is 0.400. The highest BCUT2D eigenvalue weighted by Crippen LogP contribution is 2.56. The molecule has 0 aromatic heterocycles. The van der Waals surface area contributed by atoms with Gasteiger partial charge in [-0.05, 0) is 73.5 Å². The van der Waals surface area contributed by atoms with E-state index in [1.165, 1.54) is 17.2 Å². The van der Waals surface area contributed by atoms with Crippen molar-refractivity contribution >= 4 is 5.69 Å². The van der Waals surface area contributed by atoms with Gasteiger partial charge >= 0.3 is 6.18 Å². The van der Waals surface area contributed by atoms with Crippen LogP contribution < -0.4 is 5.73 Å². The molecule has 0 amide bonds. The molecule has 0 radical (unpaired) electrons. The van der Waals surface area contributed by atoms with Crippen LogP contribution in [0.1, 0.15) is 83.2 Å². The number of hydrogen-bond acceptors (Lipinski definition) is 1. The quantitative estimate of drug-likeness (QED) is 0.357. The van der Waals surface area contributed by atoms with E-state index in [2.05, 4.69) is 59.7 Å². The van der Waals surface area contributed by atoms with E-state index < -0.39 is 17.2 Å². The summed E-state index contributed by atoms with van der Waals surface area (Å²) in [4.78, 5) is 0. The topological polar surface area (TPSA) is 26.0 Å². The van der Waals surface area contributed by atoms with Crippen molar-refractivity contribution in [3.05, 3.63) is 76.3 Å². The standard InChI is InChI=1S/C30H34F3N/c1-27(2,3)18-13-17(14-19(15-18)28(4,5)6)21-11-12-23(30(31,32)33)25-22-10-9-20(34)16-24(22)29(7,8)26(21)25/h9-16H,34H2,1-8H3. The maximum Gasteiger partial charge on any atom is 0.417 e. The lowest BCUT2D eigenvalue weighted by Crippen LogP contribution is -2.19. The molecular weight excluding hydrogens is 431 g/mol. The molecule has 3 aromatic rings. The van der Waals surface area contributed by atoms with Crippen LogP contribution in [-0.4, -0.2) is 0 Å². The third-order valence-corrected chi connectivity index (χ3v) is 7.10. The lowest BCUT2D eigenvalue weighted by Gasteiger charge is -2.29. The second-order valence-corrected chi connectivity index (χ2v) is 12.1. The first-order valence-electron chi connectivity index (χ1n) is 11.7. The fourth-order valence-corrected chi connectivity index (χ4v) is 5.09. The molecule has 34 heavy (non-hydrogen) atoms. The number of fused-ring (bicyclic) bond motifs is 3. The maximum atomic E-state index is 14.2. The Balaban J connectivity index is 2.12. The summed E-state index contributed by atoms with van der Waals surface area (Å²) >= 11 is 0. The predicted octanol–water partition coefficient (Wildman–Crippen LogP) is 8.86. The molecule has 1 aliphatic carbocycles. The number of halogens is 3. The van der Waals surface area contributed by atoms with E-state index in [4.69, 9.17) is 5.73 Å². The van der Waals surface area contributed by atoms with Crippen molar-refractivity contribution in [3.63, 3.8) is 0 Å². The molecule has 0 unspecified atom stereocenters. The minimum Gasteiger partial charge on any atom is -0.399 e. The third-order valence-electron chi connectivity index (χ3n) is 7.10. The van der Waals surface area contributed by atoms with E-state index in [0.717, 1.165) is 16.7 Å². The molecule has 0 heterocycles. The fourth-order valence-electron chi connectivity index (χ4n) is 5.09. The van der Waals surface area contributed by atoms with Gasteiger partial charge in [0.25, 0.3) is 0 Å². The Morgan fingerprint density at radius 1 is 0.706 bits per heavy atom. The normalized spacial score (nSPS) is 15.3. The monoisotopic (exact) mass is 465 g/mol. The smallest absolute Gasteiger partial charge is 0.399 e. The number of alkyl halides is 3. The predicted molar refractivity (Wildman–Crippen MR) is 136 cm³/mol. The second kappa shape index (κ2) is 7.37. The molecule has 0 spiro atoms. The molecule has 1 nitrogen and oxygen atoms in total. The third kappa shape index (κ3) is 3.91. The van der Waals surface area contributed by atoms with Gasteiger partial charge in [0.1, 0.15) is 0 Å². The Labute approximate surface area is 201 Å². The van der Waals surface area contributed by atoms with Crippen LogP contribution in [-0.2, 0) is 22.4 Å². The summed E-state index contributed by atoms with van der Waals surface area (Å²) in [7, 11) is 0. The van der Waals surface area contributed by atoms with Crippen LogP contribution >= 0.6 is 0 Å². The summed E-state index contributed by atoms with van der Waals surface area (Å²) in [5, 5.41) is 0. The van der Waals surface area contributed by atoms with Crippen LogP contribution in [0.15, 0.2) is 48.5 Å².